The zero-order valence-corrected chi connectivity index (χ0v) is 16.9. The van der Waals surface area contributed by atoms with E-state index in [1.165, 1.54) is 22.5 Å². The molecule has 0 fully saturated rings. The largest absolute Gasteiger partial charge is 0.503 e. The summed E-state index contributed by atoms with van der Waals surface area (Å²) in [5, 5.41) is 11.3. The number of hydrogen-bond donors (Lipinski definition) is 1. The van der Waals surface area contributed by atoms with Gasteiger partial charge in [-0.1, -0.05) is 37.3 Å². The fourth-order valence-electron chi connectivity index (χ4n) is 3.53. The molecule has 0 saturated carbocycles. The first-order chi connectivity index (χ1) is 14.0. The van der Waals surface area contributed by atoms with Gasteiger partial charge < -0.3 is 14.4 Å². The molecule has 0 aliphatic carbocycles. The summed E-state index contributed by atoms with van der Waals surface area (Å²) >= 11 is 1.26. The number of nitrogens with zero attached hydrogens (tertiary/aromatic N) is 2. The molecule has 6 nitrogen and oxygen atoms in total. The van der Waals surface area contributed by atoms with Crippen molar-refractivity contribution in [2.75, 3.05) is 6.54 Å². The highest BCUT2D eigenvalue weighted by Crippen LogP contribution is 2.41. The molecule has 1 aromatic carbocycles. The lowest BCUT2D eigenvalue weighted by molar-refractivity contribution is -0.129. The summed E-state index contributed by atoms with van der Waals surface area (Å²) in [5.41, 5.74) is 1.53. The molecule has 148 valence electrons. The Morgan fingerprint density at radius 3 is 2.66 bits per heavy atom. The van der Waals surface area contributed by atoms with Crippen LogP contribution in [0.1, 0.15) is 40.5 Å². The molecule has 7 heteroatoms. The zero-order valence-electron chi connectivity index (χ0n) is 16.1. The number of ketones is 1. The summed E-state index contributed by atoms with van der Waals surface area (Å²) in [6, 6.07) is 12.3. The highest BCUT2D eigenvalue weighted by Gasteiger charge is 2.45. The predicted octanol–water partition coefficient (Wildman–Crippen LogP) is 4.70. The molecule has 1 aliphatic rings. The highest BCUT2D eigenvalue weighted by molar-refractivity contribution is 7.17. The fraction of sp³-hybridized carbons (Fsp3) is 0.227. The summed E-state index contributed by atoms with van der Waals surface area (Å²) in [7, 11) is 0. The normalized spacial score (nSPS) is 16.7. The summed E-state index contributed by atoms with van der Waals surface area (Å²) in [6.45, 7) is 4.10. The van der Waals surface area contributed by atoms with Gasteiger partial charge in [-0.15, -0.1) is 11.3 Å². The number of thiazole rings is 1. The minimum absolute atomic E-state index is 0.0461. The first-order valence-corrected chi connectivity index (χ1v) is 10.2. The number of amides is 1. The molecular weight excluding hydrogens is 388 g/mol. The van der Waals surface area contributed by atoms with E-state index >= 15 is 0 Å². The number of aryl methyl sites for hydroxylation is 1. The van der Waals surface area contributed by atoms with E-state index in [0.29, 0.717) is 29.3 Å². The number of rotatable bonds is 6. The molecule has 0 radical (unpaired) electrons. The Hall–Kier alpha value is -3.19. The fourth-order valence-corrected chi connectivity index (χ4v) is 4.56. The Labute approximate surface area is 172 Å². The second kappa shape index (κ2) is 7.67. The third kappa shape index (κ3) is 3.27. The van der Waals surface area contributed by atoms with Gasteiger partial charge in [0.1, 0.15) is 16.8 Å². The average Bonchev–Trinajstić information content (AvgIpc) is 3.44. The minimum Gasteiger partial charge on any atom is -0.503 e. The molecule has 1 N–H and O–H groups in total. The van der Waals surface area contributed by atoms with Crippen LogP contribution in [-0.2, 0) is 4.79 Å². The lowest BCUT2D eigenvalue weighted by Crippen LogP contribution is -2.31. The first-order valence-electron chi connectivity index (χ1n) is 9.38. The highest BCUT2D eigenvalue weighted by atomic mass is 32.1. The number of aliphatic hydroxyl groups excluding tert-OH is 1. The molecule has 0 spiro atoms. The smallest absolute Gasteiger partial charge is 0.290 e. The second-order valence-electron chi connectivity index (χ2n) is 6.81. The summed E-state index contributed by atoms with van der Waals surface area (Å²) < 4.78 is 5.51. The summed E-state index contributed by atoms with van der Waals surface area (Å²) in [5.74, 6) is -1.02. The van der Waals surface area contributed by atoms with E-state index in [-0.39, 0.29) is 5.57 Å². The quantitative estimate of drug-likeness (QED) is 0.598. The van der Waals surface area contributed by atoms with Gasteiger partial charge in [-0.2, -0.15) is 0 Å². The topological polar surface area (TPSA) is 83.6 Å². The van der Waals surface area contributed by atoms with Gasteiger partial charge in [-0.3, -0.25) is 9.59 Å². The summed E-state index contributed by atoms with van der Waals surface area (Å²) in [6.07, 6.45) is 2.18. The van der Waals surface area contributed by atoms with E-state index in [1.54, 1.807) is 19.1 Å². The van der Waals surface area contributed by atoms with Crippen molar-refractivity contribution in [2.24, 2.45) is 0 Å². The number of aromatic nitrogens is 1. The van der Waals surface area contributed by atoms with Gasteiger partial charge in [-0.05, 0) is 25.5 Å². The molecular formula is C22H20N2O4S. The molecule has 1 unspecified atom stereocenters. The summed E-state index contributed by atoms with van der Waals surface area (Å²) in [4.78, 5) is 32.6. The SMILES string of the molecule is CCCN1C(=O)C(O)=C(C(=O)c2sc(-c3ccccc3)nc2C)C1c1ccco1. The van der Waals surface area contributed by atoms with Crippen LogP contribution in [-0.4, -0.2) is 33.2 Å². The Morgan fingerprint density at radius 2 is 2.00 bits per heavy atom. The zero-order chi connectivity index (χ0) is 20.5. The molecule has 0 saturated heterocycles. The Kier molecular flexibility index (Phi) is 5.07. The molecule has 2 aromatic heterocycles. The maximum absolute atomic E-state index is 13.5. The van der Waals surface area contributed by atoms with E-state index in [4.69, 9.17) is 4.42 Å². The van der Waals surface area contributed by atoms with Crippen molar-refractivity contribution in [3.05, 3.63) is 76.4 Å². The van der Waals surface area contributed by atoms with Gasteiger partial charge in [0.25, 0.3) is 5.91 Å². The van der Waals surface area contributed by atoms with Crippen molar-refractivity contribution in [2.45, 2.75) is 26.3 Å². The standard InChI is InChI=1S/C22H20N2O4S/c1-3-11-24-17(15-10-7-12-28-15)16(19(26)22(24)27)18(25)20-13(2)23-21(29-20)14-8-5-4-6-9-14/h4-10,12,17,26H,3,11H2,1-2H3. The van der Waals surface area contributed by atoms with Crippen LogP contribution in [0, 0.1) is 6.92 Å². The van der Waals surface area contributed by atoms with E-state index in [0.717, 1.165) is 10.6 Å². The van der Waals surface area contributed by atoms with Crippen LogP contribution in [0.5, 0.6) is 0 Å². The van der Waals surface area contributed by atoms with Crippen LogP contribution in [0.2, 0.25) is 0 Å². The minimum atomic E-state index is -0.744. The van der Waals surface area contributed by atoms with Crippen molar-refractivity contribution in [1.29, 1.82) is 0 Å². The van der Waals surface area contributed by atoms with Gasteiger partial charge in [0.2, 0.25) is 5.78 Å². The molecule has 1 atom stereocenters. The average molecular weight is 408 g/mol. The van der Waals surface area contributed by atoms with Crippen molar-refractivity contribution in [3.63, 3.8) is 0 Å². The number of aliphatic hydroxyl groups is 1. The van der Waals surface area contributed by atoms with Gasteiger partial charge in [0.05, 0.1) is 22.4 Å². The third-order valence-corrected chi connectivity index (χ3v) is 6.05. The van der Waals surface area contributed by atoms with Crippen molar-refractivity contribution >= 4 is 23.0 Å². The van der Waals surface area contributed by atoms with Gasteiger partial charge in [-0.25, -0.2) is 4.98 Å². The number of furan rings is 1. The molecule has 1 amide bonds. The number of carbonyl (C=O) groups excluding carboxylic acids is 2. The van der Waals surface area contributed by atoms with Crippen molar-refractivity contribution in [1.82, 2.24) is 9.88 Å². The van der Waals surface area contributed by atoms with Crippen LogP contribution < -0.4 is 0 Å². The molecule has 3 heterocycles. The van der Waals surface area contributed by atoms with E-state index in [9.17, 15) is 14.7 Å². The van der Waals surface area contributed by atoms with Gasteiger partial charge in [0.15, 0.2) is 5.76 Å². The van der Waals surface area contributed by atoms with Crippen LogP contribution in [0.4, 0.5) is 0 Å². The Morgan fingerprint density at radius 1 is 1.24 bits per heavy atom. The van der Waals surface area contributed by atoms with Crippen LogP contribution in [0.3, 0.4) is 0 Å². The molecule has 4 rings (SSSR count). The van der Waals surface area contributed by atoms with Crippen LogP contribution in [0.15, 0.2) is 64.5 Å². The maximum atomic E-state index is 13.5. The van der Waals surface area contributed by atoms with E-state index in [1.807, 2.05) is 37.3 Å². The van der Waals surface area contributed by atoms with Gasteiger partial charge >= 0.3 is 0 Å². The van der Waals surface area contributed by atoms with Crippen LogP contribution >= 0.6 is 11.3 Å². The Balaban J connectivity index is 1.77. The second-order valence-corrected chi connectivity index (χ2v) is 7.81. The monoisotopic (exact) mass is 408 g/mol. The predicted molar refractivity (Wildman–Crippen MR) is 110 cm³/mol. The molecule has 0 bridgehead atoms. The van der Waals surface area contributed by atoms with Crippen LogP contribution in [0.25, 0.3) is 10.6 Å². The van der Waals surface area contributed by atoms with E-state index < -0.39 is 23.5 Å². The number of Topliss-reactive ketones (excluding diaryl/α,β-unsaturated/α-hetero) is 1. The lowest BCUT2D eigenvalue weighted by Gasteiger charge is -2.24. The Bertz CT molecular complexity index is 1080. The number of carbonyl (C=O) groups is 2. The number of hydrogen-bond acceptors (Lipinski definition) is 6. The number of benzene rings is 1. The lowest BCUT2D eigenvalue weighted by atomic mass is 9.99. The molecule has 3 aromatic rings. The van der Waals surface area contributed by atoms with Gasteiger partial charge in [0, 0.05) is 12.1 Å². The maximum Gasteiger partial charge on any atom is 0.290 e. The first kappa shape index (κ1) is 19.1. The van der Waals surface area contributed by atoms with Crippen molar-refractivity contribution in [3.8, 4) is 10.6 Å². The van der Waals surface area contributed by atoms with Crippen molar-refractivity contribution < 1.29 is 19.1 Å². The molecule has 1 aliphatic heterocycles. The molecule has 29 heavy (non-hydrogen) atoms. The third-order valence-electron chi connectivity index (χ3n) is 4.85. The van der Waals surface area contributed by atoms with E-state index in [2.05, 4.69) is 4.98 Å².